The number of likely N-dealkylation sites (tertiary alicyclic amines) is 1. The van der Waals surface area contributed by atoms with E-state index >= 15 is 0 Å². The van der Waals surface area contributed by atoms with Crippen LogP contribution in [-0.4, -0.2) is 50.0 Å². The van der Waals surface area contributed by atoms with Crippen LogP contribution >= 0.6 is 0 Å². The van der Waals surface area contributed by atoms with E-state index in [0.717, 1.165) is 25.9 Å². The molecule has 0 spiro atoms. The van der Waals surface area contributed by atoms with Crippen LogP contribution in [0, 0.1) is 0 Å². The summed E-state index contributed by atoms with van der Waals surface area (Å²) in [6.45, 7) is 2.29. The second kappa shape index (κ2) is 6.10. The summed E-state index contributed by atoms with van der Waals surface area (Å²) < 4.78 is 22.7. The number of piperidine rings is 1. The van der Waals surface area contributed by atoms with Gasteiger partial charge in [0.2, 0.25) is 0 Å². The number of nitrogens with zero attached hydrogens (tertiary/aromatic N) is 1. The van der Waals surface area contributed by atoms with Gasteiger partial charge in [-0.2, -0.15) is 0 Å². The van der Waals surface area contributed by atoms with E-state index in [1.165, 1.54) is 38.4 Å². The molecule has 0 bridgehead atoms. The Morgan fingerprint density at radius 2 is 1.68 bits per heavy atom. The molecule has 0 radical (unpaired) electrons. The molecule has 2 rings (SSSR count). The fourth-order valence-corrected chi connectivity index (χ4v) is 4.54. The molecular weight excluding hydrogens is 260 g/mol. The summed E-state index contributed by atoms with van der Waals surface area (Å²) in [5.41, 5.74) is 6.53. The van der Waals surface area contributed by atoms with Gasteiger partial charge in [0.05, 0.1) is 5.75 Å². The van der Waals surface area contributed by atoms with Crippen LogP contribution in [0.3, 0.4) is 0 Å². The predicted octanol–water partition coefficient (Wildman–Crippen LogP) is 1.55. The smallest absolute Gasteiger partial charge is 0.147 e. The molecule has 4 nitrogen and oxygen atoms in total. The van der Waals surface area contributed by atoms with E-state index in [2.05, 4.69) is 4.90 Å². The van der Waals surface area contributed by atoms with Gasteiger partial charge in [0, 0.05) is 17.8 Å². The minimum absolute atomic E-state index is 0.00262. The van der Waals surface area contributed by atoms with Gasteiger partial charge >= 0.3 is 0 Å². The third-order valence-electron chi connectivity index (χ3n) is 4.95. The Bertz CT molecular complexity index is 382. The van der Waals surface area contributed by atoms with Gasteiger partial charge in [-0.1, -0.05) is 19.3 Å². The fraction of sp³-hybridized carbons (Fsp3) is 1.00. The van der Waals surface area contributed by atoms with Crippen molar-refractivity contribution in [2.24, 2.45) is 5.73 Å². The van der Waals surface area contributed by atoms with E-state index in [4.69, 9.17) is 5.73 Å². The van der Waals surface area contributed by atoms with E-state index in [0.29, 0.717) is 6.42 Å². The SMILES string of the molecule is CS(=O)(=O)CCC(N)C1(N2CCCCC2)CCCC1. The summed E-state index contributed by atoms with van der Waals surface area (Å²) in [6.07, 6.45) is 10.5. The average Bonchev–Trinajstić information content (AvgIpc) is 2.87. The second-order valence-corrected chi connectivity index (χ2v) is 8.64. The largest absolute Gasteiger partial charge is 0.326 e. The van der Waals surface area contributed by atoms with Crippen molar-refractivity contribution in [3.63, 3.8) is 0 Å². The van der Waals surface area contributed by atoms with Crippen molar-refractivity contribution in [1.29, 1.82) is 0 Å². The molecule has 112 valence electrons. The van der Waals surface area contributed by atoms with E-state index < -0.39 is 9.84 Å². The lowest BCUT2D eigenvalue weighted by Gasteiger charge is -2.47. The van der Waals surface area contributed by atoms with Crippen LogP contribution in [0.25, 0.3) is 0 Å². The highest BCUT2D eigenvalue weighted by molar-refractivity contribution is 7.90. The summed E-state index contributed by atoms with van der Waals surface area (Å²) in [5.74, 6) is 0.226. The van der Waals surface area contributed by atoms with Gasteiger partial charge in [-0.15, -0.1) is 0 Å². The minimum Gasteiger partial charge on any atom is -0.326 e. The standard InChI is InChI=1S/C14H28N2O2S/c1-19(17,18)12-7-13(15)14(8-3-4-9-14)16-10-5-2-6-11-16/h13H,2-12,15H2,1H3. The summed E-state index contributed by atoms with van der Waals surface area (Å²) in [6, 6.07) is 0.00262. The minimum atomic E-state index is -2.90. The zero-order chi connectivity index (χ0) is 13.9. The highest BCUT2D eigenvalue weighted by Gasteiger charge is 2.44. The van der Waals surface area contributed by atoms with E-state index in [1.54, 1.807) is 0 Å². The Kier molecular flexibility index (Phi) is 4.90. The maximum absolute atomic E-state index is 11.4. The summed E-state index contributed by atoms with van der Waals surface area (Å²) in [7, 11) is -2.90. The van der Waals surface area contributed by atoms with Crippen molar-refractivity contribution in [2.75, 3.05) is 25.1 Å². The first-order valence-electron chi connectivity index (χ1n) is 7.62. The molecule has 2 N–H and O–H groups in total. The van der Waals surface area contributed by atoms with Gasteiger partial charge in [0.25, 0.3) is 0 Å². The molecule has 2 aliphatic rings. The zero-order valence-electron chi connectivity index (χ0n) is 12.1. The van der Waals surface area contributed by atoms with Crippen LogP contribution in [-0.2, 0) is 9.84 Å². The number of nitrogens with two attached hydrogens (primary N) is 1. The van der Waals surface area contributed by atoms with Gasteiger partial charge in [0.15, 0.2) is 0 Å². The van der Waals surface area contributed by atoms with Crippen LogP contribution in [0.5, 0.6) is 0 Å². The van der Waals surface area contributed by atoms with Gasteiger partial charge in [0.1, 0.15) is 9.84 Å². The van der Waals surface area contributed by atoms with Crippen LogP contribution in [0.4, 0.5) is 0 Å². The Morgan fingerprint density at radius 3 is 2.21 bits per heavy atom. The van der Waals surface area contributed by atoms with Gasteiger partial charge in [-0.25, -0.2) is 8.42 Å². The van der Waals surface area contributed by atoms with Crippen LogP contribution < -0.4 is 5.73 Å². The fourth-order valence-electron chi connectivity index (χ4n) is 3.86. The van der Waals surface area contributed by atoms with E-state index in [1.807, 2.05) is 0 Å². The first kappa shape index (κ1) is 15.3. The monoisotopic (exact) mass is 288 g/mol. The molecule has 1 unspecified atom stereocenters. The molecule has 0 aromatic rings. The summed E-state index contributed by atoms with van der Waals surface area (Å²) in [4.78, 5) is 2.58. The molecule has 1 atom stereocenters. The van der Waals surface area contributed by atoms with Crippen molar-refractivity contribution in [2.45, 2.75) is 62.9 Å². The van der Waals surface area contributed by atoms with Gasteiger partial charge in [-0.3, -0.25) is 4.90 Å². The van der Waals surface area contributed by atoms with Crippen molar-refractivity contribution in [3.05, 3.63) is 0 Å². The molecule has 2 fully saturated rings. The lowest BCUT2D eigenvalue weighted by molar-refractivity contribution is 0.0473. The number of hydrogen-bond acceptors (Lipinski definition) is 4. The number of hydrogen-bond donors (Lipinski definition) is 1. The predicted molar refractivity (Wildman–Crippen MR) is 78.9 cm³/mol. The Morgan fingerprint density at radius 1 is 1.11 bits per heavy atom. The van der Waals surface area contributed by atoms with Crippen molar-refractivity contribution < 1.29 is 8.42 Å². The van der Waals surface area contributed by atoms with Crippen molar-refractivity contribution >= 4 is 9.84 Å². The Hall–Kier alpha value is -0.130. The highest BCUT2D eigenvalue weighted by atomic mass is 32.2. The molecule has 0 aromatic carbocycles. The topological polar surface area (TPSA) is 63.4 Å². The van der Waals surface area contributed by atoms with Gasteiger partial charge in [-0.05, 0) is 45.2 Å². The molecule has 1 aliphatic carbocycles. The average molecular weight is 288 g/mol. The Balaban J connectivity index is 2.05. The number of sulfone groups is 1. The first-order chi connectivity index (χ1) is 8.94. The molecular formula is C14H28N2O2S. The van der Waals surface area contributed by atoms with Crippen molar-refractivity contribution in [3.8, 4) is 0 Å². The zero-order valence-corrected chi connectivity index (χ0v) is 12.9. The van der Waals surface area contributed by atoms with Gasteiger partial charge < -0.3 is 5.73 Å². The van der Waals surface area contributed by atoms with E-state index in [9.17, 15) is 8.42 Å². The third-order valence-corrected chi connectivity index (χ3v) is 5.92. The maximum Gasteiger partial charge on any atom is 0.147 e. The lowest BCUT2D eigenvalue weighted by Crippen LogP contribution is -2.60. The third kappa shape index (κ3) is 3.70. The molecule has 1 saturated carbocycles. The number of rotatable bonds is 5. The molecule has 0 amide bonds. The molecule has 19 heavy (non-hydrogen) atoms. The molecule has 1 saturated heterocycles. The highest BCUT2D eigenvalue weighted by Crippen LogP contribution is 2.39. The molecule has 1 aliphatic heterocycles. The Labute approximate surface area is 117 Å². The molecule has 1 heterocycles. The quantitative estimate of drug-likeness (QED) is 0.833. The second-order valence-electron chi connectivity index (χ2n) is 6.38. The lowest BCUT2D eigenvalue weighted by atomic mass is 9.83. The maximum atomic E-state index is 11.4. The summed E-state index contributed by atoms with van der Waals surface area (Å²) >= 11 is 0. The van der Waals surface area contributed by atoms with E-state index in [-0.39, 0.29) is 17.3 Å². The molecule has 0 aromatic heterocycles. The van der Waals surface area contributed by atoms with Crippen LogP contribution in [0.1, 0.15) is 51.4 Å². The van der Waals surface area contributed by atoms with Crippen LogP contribution in [0.2, 0.25) is 0 Å². The first-order valence-corrected chi connectivity index (χ1v) is 9.68. The summed E-state index contributed by atoms with van der Waals surface area (Å²) in [5, 5.41) is 0. The molecule has 5 heteroatoms. The normalized spacial score (nSPS) is 26.4. The van der Waals surface area contributed by atoms with Crippen LogP contribution in [0.15, 0.2) is 0 Å². The van der Waals surface area contributed by atoms with Crippen molar-refractivity contribution in [1.82, 2.24) is 4.90 Å².